The van der Waals surface area contributed by atoms with E-state index in [1.807, 2.05) is 190 Å². The normalized spacial score (nSPS) is 12.1. The van der Waals surface area contributed by atoms with Crippen LogP contribution in [0.5, 0.6) is 17.2 Å². The Morgan fingerprint density at radius 2 is 0.657 bits per heavy atom. The molecule has 0 radical (unpaired) electrons. The molecular formula is C119H115N12O3Pt3-3. The number of hydrogen-bond donors (Lipinski definition) is 3. The minimum atomic E-state index is -0.229. The largest absolute Gasteiger partial charge is 0.507 e. The van der Waals surface area contributed by atoms with Gasteiger partial charge in [-0.05, 0) is 182 Å². The van der Waals surface area contributed by atoms with Crippen LogP contribution in [0.2, 0.25) is 0 Å². The van der Waals surface area contributed by atoms with E-state index < -0.39 is 0 Å². The molecule has 702 valence electrons. The van der Waals surface area contributed by atoms with Crippen molar-refractivity contribution in [2.75, 3.05) is 0 Å². The zero-order chi connectivity index (χ0) is 94.9. The van der Waals surface area contributed by atoms with Gasteiger partial charge in [0.05, 0.1) is 44.6 Å². The summed E-state index contributed by atoms with van der Waals surface area (Å²) in [6.07, 6.45) is 10.7. The fourth-order valence-corrected chi connectivity index (χ4v) is 16.8. The van der Waals surface area contributed by atoms with Gasteiger partial charge < -0.3 is 25.3 Å². The summed E-state index contributed by atoms with van der Waals surface area (Å²) in [6, 6.07) is 104. The summed E-state index contributed by atoms with van der Waals surface area (Å²) in [5, 5.41) is 34.2. The molecule has 3 N–H and O–H groups in total. The molecule has 0 saturated carbocycles. The molecule has 18 aromatic rings. The van der Waals surface area contributed by atoms with E-state index >= 15 is 0 Å². The molecular weight excluding hydrogens is 2230 g/mol. The van der Waals surface area contributed by atoms with Crippen molar-refractivity contribution in [3.8, 4) is 102 Å². The van der Waals surface area contributed by atoms with E-state index in [0.717, 1.165) is 180 Å². The van der Waals surface area contributed by atoms with E-state index in [1.165, 1.54) is 0 Å². The first kappa shape index (κ1) is 101. The van der Waals surface area contributed by atoms with Gasteiger partial charge in [-0.25, -0.2) is 15.0 Å². The fourth-order valence-electron chi connectivity index (χ4n) is 16.8. The Morgan fingerprint density at radius 1 is 0.321 bits per heavy atom. The summed E-state index contributed by atoms with van der Waals surface area (Å²) < 4.78 is 6.55. The van der Waals surface area contributed by atoms with Crippen LogP contribution in [0.15, 0.2) is 313 Å². The topological polar surface area (TPSA) is 190 Å². The van der Waals surface area contributed by atoms with E-state index in [-0.39, 0.29) is 113 Å². The minimum absolute atomic E-state index is 0. The van der Waals surface area contributed by atoms with Gasteiger partial charge in [0, 0.05) is 154 Å². The van der Waals surface area contributed by atoms with Crippen LogP contribution in [0.1, 0.15) is 186 Å². The number of nitrogens with zero attached hydrogens (tertiary/aromatic N) is 12. The molecule has 12 aromatic carbocycles. The van der Waals surface area contributed by atoms with Gasteiger partial charge >= 0.3 is 0 Å². The predicted molar refractivity (Wildman–Crippen MR) is 553 cm³/mol. The molecule has 0 aliphatic heterocycles. The number of phenols is 3. The standard InChI is InChI=1S/C41H41N4O.2C39H37N4O.3Pt/c1-26-21-22-31(27(2)43-26)32-18-14-20-36-37(32)44-39(45(36)30-15-10-9-11-16-30)33-17-12-13-19-35(33)42-25-28-23-29(40(3,4)5)24-34(38(28)46)41(6,7)8;1-38(2,3)28-22-27(36(44)32(23-28)39(4,5)6)25-41-33-19-11-10-17-31(33)37-42-35-30(26-14-13-21-40-24-26)18-12-20-34(35)43(37)29-15-8-7-9-16-29;1-38(2,3)27-23-26(36(44)31(24-27)39(4,5)6)25-41-33-19-11-10-17-30(33)37-42-35-29(32-20-12-13-22-40-32)18-14-21-34(35)43(37)28-15-8-7-9-16-28;;;/h9-21,23-25,46H,1-8H3;7-13,15-25,44H,1-6H3;7-19,21-25,44H,1-6H3;;;/q3*-1;;;. The maximum absolute atomic E-state index is 11.4. The van der Waals surface area contributed by atoms with Gasteiger partial charge in [-0.1, -0.05) is 307 Å². The molecule has 18 heteroatoms. The van der Waals surface area contributed by atoms with Gasteiger partial charge in [-0.15, -0.1) is 47.5 Å². The van der Waals surface area contributed by atoms with Crippen molar-refractivity contribution >= 4 is 68.8 Å². The van der Waals surface area contributed by atoms with Gasteiger partial charge in [-0.3, -0.25) is 33.7 Å². The summed E-state index contributed by atoms with van der Waals surface area (Å²) >= 11 is 0. The Bertz CT molecular complexity index is 7180. The van der Waals surface area contributed by atoms with Crippen LogP contribution >= 0.6 is 0 Å². The van der Waals surface area contributed by atoms with Crippen molar-refractivity contribution in [2.45, 2.75) is 171 Å². The second-order valence-corrected chi connectivity index (χ2v) is 40.3. The van der Waals surface area contributed by atoms with Gasteiger partial charge in [0.1, 0.15) is 34.7 Å². The van der Waals surface area contributed by atoms with Crippen LogP contribution in [0.3, 0.4) is 0 Å². The van der Waals surface area contributed by atoms with E-state index in [4.69, 9.17) is 34.9 Å². The third kappa shape index (κ3) is 22.0. The first-order valence-corrected chi connectivity index (χ1v) is 45.6. The van der Waals surface area contributed by atoms with Crippen LogP contribution in [0.4, 0.5) is 17.1 Å². The number of fused-ring (bicyclic) bond motifs is 3. The van der Waals surface area contributed by atoms with Crippen molar-refractivity contribution in [3.05, 3.63) is 377 Å². The quantitative estimate of drug-likeness (QED) is 0.0662. The minimum Gasteiger partial charge on any atom is -0.507 e. The third-order valence-electron chi connectivity index (χ3n) is 24.2. The molecule has 0 atom stereocenters. The Labute approximate surface area is 849 Å². The molecule has 6 aromatic heterocycles. The average Bonchev–Trinajstić information content (AvgIpc) is 1.40. The molecule has 15 nitrogen and oxygen atoms in total. The van der Waals surface area contributed by atoms with E-state index in [0.29, 0.717) is 16.7 Å². The molecule has 6 heterocycles. The number of benzene rings is 12. The summed E-state index contributed by atoms with van der Waals surface area (Å²) in [5.74, 6) is 3.12. The number of pyridine rings is 3. The zero-order valence-electron chi connectivity index (χ0n) is 81.2. The van der Waals surface area contributed by atoms with E-state index in [1.54, 1.807) is 31.0 Å². The number of aryl methyl sites for hydroxylation is 2. The SMILES string of the molecule is CC(C)(C)c1cc(C=Nc2ccccc2-c2nc3c(-c4[c-]cccn4)cccc3n2-c2ccccc2)c(O)c(C(C)(C)C)c1.CC(C)(C)c1cc(C=Nc2ccccc2-c2nc3c(-c4[c-]ccnc4)cccc3n2-c2ccccc2)c(O)c(C(C)(C)C)c1.Cc1c[c-]c(-c2cccc3c2nc(-c2ccccc2N=Cc2cc(C(C)(C)C)cc(C(C)(C)C)c2O)n3-c2ccccc2)c(C)n1.[Pt].[Pt].[Pt]. The molecule has 137 heavy (non-hydrogen) atoms. The van der Waals surface area contributed by atoms with Gasteiger partial charge in [0.2, 0.25) is 0 Å². The molecule has 0 spiro atoms. The van der Waals surface area contributed by atoms with Crippen LogP contribution < -0.4 is 0 Å². The number of rotatable bonds is 15. The molecule has 0 amide bonds. The summed E-state index contributed by atoms with van der Waals surface area (Å²) in [4.78, 5) is 44.4. The molecule has 0 saturated heterocycles. The summed E-state index contributed by atoms with van der Waals surface area (Å²) in [5.41, 5.74) is 28.0. The second kappa shape index (κ2) is 41.5. The second-order valence-electron chi connectivity index (χ2n) is 40.3. The zero-order valence-corrected chi connectivity index (χ0v) is 88.0. The summed E-state index contributed by atoms with van der Waals surface area (Å²) in [6.45, 7) is 42.8. The molecule has 0 aliphatic carbocycles. The van der Waals surface area contributed by atoms with Crippen molar-refractivity contribution in [1.82, 2.24) is 43.6 Å². The molecule has 0 aliphatic rings. The number of aromatic nitrogens is 9. The monoisotopic (exact) mass is 2340 g/mol. The molecule has 0 fully saturated rings. The summed E-state index contributed by atoms with van der Waals surface area (Å²) in [7, 11) is 0. The Balaban J connectivity index is 0.000000172. The number of para-hydroxylation sites is 9. The Hall–Kier alpha value is -13.0. The van der Waals surface area contributed by atoms with Gasteiger partial charge in [0.25, 0.3) is 0 Å². The molecule has 18 rings (SSSR count). The Morgan fingerprint density at radius 3 is 0.993 bits per heavy atom. The number of phenolic OH excluding ortho intramolecular Hbond substituents is 3. The van der Waals surface area contributed by atoms with Gasteiger partial charge in [-0.2, -0.15) is 12.1 Å². The first-order valence-electron chi connectivity index (χ1n) is 45.6. The van der Waals surface area contributed by atoms with E-state index in [9.17, 15) is 15.3 Å². The number of aliphatic imine (C=N–C) groups is 3. The smallest absolute Gasteiger partial charge is 0.146 e. The maximum Gasteiger partial charge on any atom is 0.146 e. The van der Waals surface area contributed by atoms with Crippen molar-refractivity contribution < 1.29 is 78.5 Å². The Kier molecular flexibility index (Phi) is 30.7. The van der Waals surface area contributed by atoms with Crippen molar-refractivity contribution in [2.24, 2.45) is 15.0 Å². The maximum atomic E-state index is 11.4. The van der Waals surface area contributed by atoms with Crippen LogP contribution in [0.25, 0.3) is 118 Å². The van der Waals surface area contributed by atoms with E-state index in [2.05, 4.69) is 276 Å². The fraction of sp³-hybridized carbons (Fsp3) is 0.218. The number of imidazole rings is 3. The van der Waals surface area contributed by atoms with Crippen LogP contribution in [-0.4, -0.2) is 77.6 Å². The van der Waals surface area contributed by atoms with Crippen molar-refractivity contribution in [3.63, 3.8) is 0 Å². The van der Waals surface area contributed by atoms with Crippen LogP contribution in [-0.2, 0) is 95.7 Å². The number of hydrogen-bond acceptors (Lipinski definition) is 12. The number of aromatic hydroxyl groups is 3. The van der Waals surface area contributed by atoms with Crippen molar-refractivity contribution in [1.29, 1.82) is 0 Å². The molecule has 0 unspecified atom stereocenters. The van der Waals surface area contributed by atoms with Gasteiger partial charge in [0.15, 0.2) is 0 Å². The van der Waals surface area contributed by atoms with Crippen LogP contribution in [0, 0.1) is 32.0 Å². The predicted octanol–water partition coefficient (Wildman–Crippen LogP) is 29.4. The average molecular weight is 2350 g/mol. The first-order chi connectivity index (χ1) is 63.9. The third-order valence-corrected chi connectivity index (χ3v) is 24.2. The molecule has 0 bridgehead atoms.